The molecule has 0 amide bonds. The summed E-state index contributed by atoms with van der Waals surface area (Å²) in [5.41, 5.74) is -2.00. The number of pyridine rings is 1. The summed E-state index contributed by atoms with van der Waals surface area (Å²) in [6.07, 6.45) is 3.06. The molecule has 3 heterocycles. The number of hydrogen-bond donors (Lipinski definition) is 1. The fraction of sp³-hybridized carbons (Fsp3) is 0.486. The Bertz CT molecular complexity index is 1690. The molecule has 0 saturated heterocycles. The fourth-order valence-electron chi connectivity index (χ4n) is 8.51. The lowest BCUT2D eigenvalue weighted by molar-refractivity contribution is -0.257. The van der Waals surface area contributed by atoms with Crippen LogP contribution in [0.3, 0.4) is 0 Å². The largest absolute Gasteiger partial charge is 0.482 e. The van der Waals surface area contributed by atoms with Crippen LogP contribution in [0.5, 0.6) is 5.75 Å². The molecule has 0 radical (unpaired) electrons. The van der Waals surface area contributed by atoms with Gasteiger partial charge in [-0.3, -0.25) is 9.78 Å². The highest BCUT2D eigenvalue weighted by atomic mass is 79.9. The molecule has 3 aromatic rings. The van der Waals surface area contributed by atoms with Crippen LogP contribution in [0, 0.1) is 28.6 Å². The van der Waals surface area contributed by atoms with E-state index in [1.807, 2.05) is 13.0 Å². The highest BCUT2D eigenvalue weighted by Gasteiger charge is 2.70. The zero-order valence-electron chi connectivity index (χ0n) is 26.0. The van der Waals surface area contributed by atoms with Crippen LogP contribution in [0.1, 0.15) is 75.9 Å². The summed E-state index contributed by atoms with van der Waals surface area (Å²) in [6, 6.07) is 12.1. The molecular weight excluding hydrogens is 642 g/mol. The van der Waals surface area contributed by atoms with Crippen molar-refractivity contribution in [3.63, 3.8) is 0 Å². The maximum atomic E-state index is 13.7. The first-order valence-electron chi connectivity index (χ1n) is 15.3. The number of carbonyl (C=O) groups is 2. The van der Waals surface area contributed by atoms with Gasteiger partial charge in [-0.25, -0.2) is 9.59 Å². The van der Waals surface area contributed by atoms with E-state index in [2.05, 4.69) is 41.7 Å². The molecule has 10 heteroatoms. The van der Waals surface area contributed by atoms with E-state index in [9.17, 15) is 19.5 Å². The SMILES string of the molecule is CC(=O)OC[C@]1(C)C2C[C@H](OC(=O)c3cccc(Br)c3)[C@@]3(C)Oc4cc(-c5cccnc5)oc(=O)c4C(O)C3[C@@]2(C)CC[C@@H]1C. The Hall–Kier alpha value is -3.50. The van der Waals surface area contributed by atoms with Gasteiger partial charge in [-0.15, -0.1) is 0 Å². The van der Waals surface area contributed by atoms with Crippen molar-refractivity contribution >= 4 is 27.9 Å². The van der Waals surface area contributed by atoms with Crippen LogP contribution in [0.2, 0.25) is 0 Å². The van der Waals surface area contributed by atoms with Gasteiger partial charge in [0.25, 0.3) is 0 Å². The highest BCUT2D eigenvalue weighted by Crippen LogP contribution is 2.68. The van der Waals surface area contributed by atoms with Gasteiger partial charge in [-0.1, -0.05) is 42.8 Å². The molecule has 9 nitrogen and oxygen atoms in total. The van der Waals surface area contributed by atoms with Gasteiger partial charge >= 0.3 is 17.6 Å². The molecule has 3 aliphatic rings. The predicted octanol–water partition coefficient (Wildman–Crippen LogP) is 6.52. The smallest absolute Gasteiger partial charge is 0.345 e. The van der Waals surface area contributed by atoms with Gasteiger partial charge < -0.3 is 23.7 Å². The van der Waals surface area contributed by atoms with Crippen LogP contribution in [0.25, 0.3) is 11.3 Å². The predicted molar refractivity (Wildman–Crippen MR) is 168 cm³/mol. The summed E-state index contributed by atoms with van der Waals surface area (Å²) in [5, 5.41) is 12.2. The van der Waals surface area contributed by atoms with Crippen LogP contribution < -0.4 is 10.4 Å². The zero-order valence-corrected chi connectivity index (χ0v) is 27.6. The Balaban J connectivity index is 1.50. The summed E-state index contributed by atoms with van der Waals surface area (Å²) < 4.78 is 25.3. The molecule has 2 saturated carbocycles. The lowest BCUT2D eigenvalue weighted by atomic mass is 9.41. The summed E-state index contributed by atoms with van der Waals surface area (Å²) >= 11 is 3.43. The van der Waals surface area contributed by atoms with Gasteiger partial charge in [-0.05, 0) is 73.8 Å². The van der Waals surface area contributed by atoms with Crippen LogP contribution in [-0.2, 0) is 14.3 Å². The molecule has 2 aliphatic carbocycles. The van der Waals surface area contributed by atoms with Crippen molar-refractivity contribution in [1.82, 2.24) is 4.98 Å². The minimum absolute atomic E-state index is 0.0457. The van der Waals surface area contributed by atoms with Crippen LogP contribution in [-0.4, -0.2) is 40.3 Å². The number of benzene rings is 1. The molecule has 1 aromatic carbocycles. The van der Waals surface area contributed by atoms with E-state index in [1.165, 1.54) is 6.92 Å². The summed E-state index contributed by atoms with van der Waals surface area (Å²) in [5.74, 6) is -1.10. The van der Waals surface area contributed by atoms with E-state index in [0.29, 0.717) is 17.5 Å². The second kappa shape index (κ2) is 11.4. The number of fused-ring (bicyclic) bond motifs is 4. The third-order valence-electron chi connectivity index (χ3n) is 11.0. The van der Waals surface area contributed by atoms with E-state index in [-0.39, 0.29) is 41.5 Å². The average molecular weight is 681 g/mol. The Morgan fingerprint density at radius 2 is 1.93 bits per heavy atom. The molecular formula is C35H38BrNO8. The van der Waals surface area contributed by atoms with Crippen molar-refractivity contribution in [2.24, 2.45) is 28.6 Å². The van der Waals surface area contributed by atoms with Gasteiger partial charge in [0.15, 0.2) is 0 Å². The van der Waals surface area contributed by atoms with Crippen LogP contribution >= 0.6 is 15.9 Å². The Morgan fingerprint density at radius 1 is 1.16 bits per heavy atom. The minimum Gasteiger partial charge on any atom is -0.482 e. The number of aliphatic hydroxyl groups is 1. The molecule has 45 heavy (non-hydrogen) atoms. The molecule has 6 rings (SSSR count). The highest BCUT2D eigenvalue weighted by molar-refractivity contribution is 9.10. The first kappa shape index (κ1) is 31.5. The average Bonchev–Trinajstić information content (AvgIpc) is 2.99. The van der Waals surface area contributed by atoms with Crippen LogP contribution in [0.15, 0.2) is 68.5 Å². The summed E-state index contributed by atoms with van der Waals surface area (Å²) in [6.45, 7) is 9.82. The Kier molecular flexibility index (Phi) is 7.96. The number of esters is 2. The fourth-order valence-corrected chi connectivity index (χ4v) is 8.91. The standard InChI is InChI=1S/C35H38BrNO8/c1-19-11-12-33(3)26(34(19,4)18-42-20(2)38)16-27(44-31(40)21-8-6-10-23(36)14-21)35(5)30(33)29(39)28-25(45-35)15-24(43-32(28)41)22-9-7-13-37-17-22/h6-10,13-15,17,19,26-27,29-30,39H,11-12,16,18H2,1-5H3/t19-,26?,27-,29?,30?,33-,34-,35+/m0/s1. The molecule has 0 spiro atoms. The van der Waals surface area contributed by atoms with Crippen molar-refractivity contribution < 1.29 is 33.3 Å². The zero-order chi connectivity index (χ0) is 32.3. The molecule has 2 aromatic heterocycles. The Labute approximate surface area is 270 Å². The maximum absolute atomic E-state index is 13.7. The van der Waals surface area contributed by atoms with Gasteiger partial charge in [0.1, 0.15) is 28.8 Å². The summed E-state index contributed by atoms with van der Waals surface area (Å²) in [7, 11) is 0. The van der Waals surface area contributed by atoms with Gasteiger partial charge in [0.2, 0.25) is 0 Å². The first-order chi connectivity index (χ1) is 21.3. The van der Waals surface area contributed by atoms with E-state index in [4.69, 9.17) is 18.6 Å². The van der Waals surface area contributed by atoms with Crippen molar-refractivity contribution in [1.29, 1.82) is 0 Å². The molecule has 0 bridgehead atoms. The Morgan fingerprint density at radius 3 is 2.62 bits per heavy atom. The number of halogens is 1. The molecule has 2 fully saturated rings. The normalized spacial score (nSPS) is 33.5. The second-order valence-electron chi connectivity index (χ2n) is 13.6. The quantitative estimate of drug-likeness (QED) is 0.300. The lowest BCUT2D eigenvalue weighted by Crippen LogP contribution is -2.70. The van der Waals surface area contributed by atoms with E-state index in [1.54, 1.807) is 48.8 Å². The van der Waals surface area contributed by atoms with Gasteiger partial charge in [0, 0.05) is 46.8 Å². The number of rotatable bonds is 5. The topological polar surface area (TPSA) is 125 Å². The van der Waals surface area contributed by atoms with E-state index < -0.39 is 46.2 Å². The number of carbonyl (C=O) groups excluding carboxylic acids is 2. The summed E-state index contributed by atoms with van der Waals surface area (Å²) in [4.78, 5) is 43.4. The molecule has 1 aliphatic heterocycles. The van der Waals surface area contributed by atoms with Gasteiger partial charge in [0.05, 0.1) is 18.3 Å². The van der Waals surface area contributed by atoms with E-state index >= 15 is 0 Å². The molecule has 3 unspecified atom stereocenters. The van der Waals surface area contributed by atoms with Crippen molar-refractivity contribution in [3.8, 4) is 17.1 Å². The maximum Gasteiger partial charge on any atom is 0.345 e. The number of aliphatic hydroxyl groups excluding tert-OH is 1. The van der Waals surface area contributed by atoms with Crippen molar-refractivity contribution in [2.45, 2.75) is 71.7 Å². The third kappa shape index (κ3) is 5.19. The monoisotopic (exact) mass is 679 g/mol. The molecule has 8 atom stereocenters. The number of aromatic nitrogens is 1. The molecule has 1 N–H and O–H groups in total. The van der Waals surface area contributed by atoms with E-state index in [0.717, 1.165) is 17.3 Å². The third-order valence-corrected chi connectivity index (χ3v) is 11.5. The van der Waals surface area contributed by atoms with Gasteiger partial charge in [-0.2, -0.15) is 0 Å². The number of ether oxygens (including phenoxy) is 3. The van der Waals surface area contributed by atoms with Crippen LogP contribution in [0.4, 0.5) is 0 Å². The first-order valence-corrected chi connectivity index (χ1v) is 16.1. The lowest BCUT2D eigenvalue weighted by Gasteiger charge is -2.66. The van der Waals surface area contributed by atoms with Crippen molar-refractivity contribution in [3.05, 3.63) is 80.9 Å². The molecule has 238 valence electrons. The minimum atomic E-state index is -1.27. The number of nitrogens with zero attached hydrogens (tertiary/aromatic N) is 1. The second-order valence-corrected chi connectivity index (χ2v) is 14.5. The van der Waals surface area contributed by atoms with Crippen molar-refractivity contribution in [2.75, 3.05) is 6.61 Å². The number of hydrogen-bond acceptors (Lipinski definition) is 9.